The second-order valence-corrected chi connectivity index (χ2v) is 17.1. The van der Waals surface area contributed by atoms with E-state index in [1.165, 1.54) is 103 Å². The quantitative estimate of drug-likeness (QED) is 0.0200. The summed E-state index contributed by atoms with van der Waals surface area (Å²) in [6, 6.07) is 0. The number of allylic oxidation sites excluding steroid dienone is 2. The van der Waals surface area contributed by atoms with Crippen molar-refractivity contribution in [2.45, 2.75) is 200 Å². The zero-order valence-corrected chi connectivity index (χ0v) is 35.4. The van der Waals surface area contributed by atoms with Gasteiger partial charge in [-0.15, -0.1) is 0 Å². The zero-order valence-electron chi connectivity index (χ0n) is 34.5. The predicted molar refractivity (Wildman–Crippen MR) is 213 cm³/mol. The molecule has 0 amide bonds. The Kier molecular flexibility index (Phi) is 34.6. The molecular formula is C42H82NO8P. The maximum Gasteiger partial charge on any atom is 0.306 e. The fourth-order valence-corrected chi connectivity index (χ4v) is 6.60. The third kappa shape index (κ3) is 38.5. The first-order valence-electron chi connectivity index (χ1n) is 21.4. The van der Waals surface area contributed by atoms with Crippen molar-refractivity contribution in [3.8, 4) is 0 Å². The molecule has 0 bridgehead atoms. The van der Waals surface area contributed by atoms with Gasteiger partial charge in [0.05, 0.1) is 27.7 Å². The second kappa shape index (κ2) is 35.5. The van der Waals surface area contributed by atoms with Gasteiger partial charge in [0.15, 0.2) is 6.10 Å². The van der Waals surface area contributed by atoms with Gasteiger partial charge in [-0.1, -0.05) is 161 Å². The zero-order chi connectivity index (χ0) is 38.6. The van der Waals surface area contributed by atoms with Gasteiger partial charge in [-0.2, -0.15) is 0 Å². The highest BCUT2D eigenvalue weighted by atomic mass is 31.2. The number of esters is 2. The number of hydrogen-bond acceptors (Lipinski definition) is 8. The first kappa shape index (κ1) is 50.8. The van der Waals surface area contributed by atoms with E-state index in [1.54, 1.807) is 0 Å². The van der Waals surface area contributed by atoms with Crippen molar-refractivity contribution < 1.29 is 42.1 Å². The maximum atomic E-state index is 12.6. The van der Waals surface area contributed by atoms with Crippen LogP contribution in [0.25, 0.3) is 0 Å². The first-order valence-corrected chi connectivity index (χ1v) is 22.9. The number of phosphoric ester groups is 1. The third-order valence-electron chi connectivity index (χ3n) is 9.29. The molecule has 0 aliphatic carbocycles. The SMILES string of the molecule is CCCC/C=C\CCCCCCCC(=O)OC[C@H](COP(=O)([O-])OCC[N+](C)(C)C)OC(=O)CCCCCCCCCCCCCCCCCCC. The lowest BCUT2D eigenvalue weighted by molar-refractivity contribution is -0.870. The molecule has 0 aliphatic heterocycles. The minimum atomic E-state index is -4.62. The van der Waals surface area contributed by atoms with E-state index in [9.17, 15) is 19.0 Å². The summed E-state index contributed by atoms with van der Waals surface area (Å²) < 4.78 is 33.8. The number of quaternary nitrogens is 1. The fourth-order valence-electron chi connectivity index (χ4n) is 5.87. The minimum Gasteiger partial charge on any atom is -0.756 e. The predicted octanol–water partition coefficient (Wildman–Crippen LogP) is 11.2. The Morgan fingerprint density at radius 2 is 1.00 bits per heavy atom. The normalized spacial score (nSPS) is 13.7. The number of rotatable bonds is 39. The van der Waals surface area contributed by atoms with Gasteiger partial charge in [-0.05, 0) is 32.1 Å². The minimum absolute atomic E-state index is 0.0291. The highest BCUT2D eigenvalue weighted by Gasteiger charge is 2.21. The number of likely N-dealkylation sites (N-methyl/N-ethyl adjacent to an activating group) is 1. The van der Waals surface area contributed by atoms with Crippen molar-refractivity contribution in [1.29, 1.82) is 0 Å². The number of phosphoric acid groups is 1. The molecular weight excluding hydrogens is 677 g/mol. The van der Waals surface area contributed by atoms with Crippen LogP contribution in [0.4, 0.5) is 0 Å². The van der Waals surface area contributed by atoms with E-state index in [4.69, 9.17) is 18.5 Å². The lowest BCUT2D eigenvalue weighted by Crippen LogP contribution is -2.37. The number of carbonyl (C=O) groups excluding carboxylic acids is 2. The summed E-state index contributed by atoms with van der Waals surface area (Å²) in [7, 11) is 1.17. The van der Waals surface area contributed by atoms with Crippen LogP contribution in [-0.2, 0) is 32.7 Å². The summed E-state index contributed by atoms with van der Waals surface area (Å²) in [6.45, 7) is 4.19. The molecule has 9 nitrogen and oxygen atoms in total. The summed E-state index contributed by atoms with van der Waals surface area (Å²) in [5.74, 6) is -0.838. The van der Waals surface area contributed by atoms with Gasteiger partial charge < -0.3 is 27.9 Å². The van der Waals surface area contributed by atoms with Crippen molar-refractivity contribution in [1.82, 2.24) is 0 Å². The summed E-state index contributed by atoms with van der Waals surface area (Å²) >= 11 is 0. The van der Waals surface area contributed by atoms with Gasteiger partial charge in [-0.3, -0.25) is 14.2 Å². The Morgan fingerprint density at radius 3 is 1.48 bits per heavy atom. The van der Waals surface area contributed by atoms with Gasteiger partial charge in [0.2, 0.25) is 0 Å². The number of nitrogens with zero attached hydrogens (tertiary/aromatic N) is 1. The standard InChI is InChI=1S/C42H82NO8P/c1-6-8-10-12-14-16-18-19-20-21-22-23-25-27-29-31-33-35-42(45)51-40(39-50-52(46,47)49-37-36-43(3,4)5)38-48-41(44)34-32-30-28-26-24-17-15-13-11-9-7-2/h13,15,40H,6-12,14,16-39H2,1-5H3/b15-13-/t40-/m1/s1. The van der Waals surface area contributed by atoms with E-state index in [0.717, 1.165) is 57.8 Å². The summed E-state index contributed by atoms with van der Waals surface area (Å²) in [5.41, 5.74) is 0. The smallest absolute Gasteiger partial charge is 0.306 e. The van der Waals surface area contributed by atoms with Crippen LogP contribution in [0.15, 0.2) is 12.2 Å². The Morgan fingerprint density at radius 1 is 0.577 bits per heavy atom. The molecule has 308 valence electrons. The van der Waals surface area contributed by atoms with Gasteiger partial charge in [-0.25, -0.2) is 0 Å². The molecule has 0 fully saturated rings. The molecule has 0 rings (SSSR count). The fraction of sp³-hybridized carbons (Fsp3) is 0.905. The average molecular weight is 760 g/mol. The Labute approximate surface area is 320 Å². The third-order valence-corrected chi connectivity index (χ3v) is 10.2. The van der Waals surface area contributed by atoms with Crippen LogP contribution in [0.2, 0.25) is 0 Å². The highest BCUT2D eigenvalue weighted by Crippen LogP contribution is 2.38. The van der Waals surface area contributed by atoms with E-state index in [-0.39, 0.29) is 26.1 Å². The molecule has 0 aliphatic rings. The van der Waals surface area contributed by atoms with Crippen LogP contribution in [0.5, 0.6) is 0 Å². The van der Waals surface area contributed by atoms with Crippen LogP contribution in [0.3, 0.4) is 0 Å². The van der Waals surface area contributed by atoms with E-state index < -0.39 is 32.5 Å². The first-order chi connectivity index (χ1) is 25.0. The van der Waals surface area contributed by atoms with E-state index >= 15 is 0 Å². The topological polar surface area (TPSA) is 111 Å². The molecule has 0 aromatic rings. The van der Waals surface area contributed by atoms with Crippen LogP contribution in [0, 0.1) is 0 Å². The lowest BCUT2D eigenvalue weighted by Gasteiger charge is -2.28. The summed E-state index contributed by atoms with van der Waals surface area (Å²) in [5, 5.41) is 0. The average Bonchev–Trinajstić information content (AvgIpc) is 3.09. The maximum absolute atomic E-state index is 12.6. The largest absolute Gasteiger partial charge is 0.756 e. The Hall–Kier alpha value is -1.25. The Balaban J connectivity index is 4.33. The van der Waals surface area contributed by atoms with Crippen molar-refractivity contribution in [3.05, 3.63) is 12.2 Å². The van der Waals surface area contributed by atoms with Crippen LogP contribution >= 0.6 is 7.82 Å². The molecule has 10 heteroatoms. The molecule has 1 unspecified atom stereocenters. The van der Waals surface area contributed by atoms with Crippen molar-refractivity contribution in [2.75, 3.05) is 47.5 Å². The van der Waals surface area contributed by atoms with Crippen molar-refractivity contribution >= 4 is 19.8 Å². The molecule has 0 aromatic carbocycles. The molecule has 0 saturated carbocycles. The van der Waals surface area contributed by atoms with Crippen LogP contribution in [-0.4, -0.2) is 70.0 Å². The van der Waals surface area contributed by atoms with Crippen molar-refractivity contribution in [2.24, 2.45) is 0 Å². The molecule has 0 spiro atoms. The van der Waals surface area contributed by atoms with Crippen LogP contribution < -0.4 is 4.89 Å². The highest BCUT2D eigenvalue weighted by molar-refractivity contribution is 7.45. The number of unbranched alkanes of at least 4 members (excludes halogenated alkanes) is 23. The monoisotopic (exact) mass is 760 g/mol. The molecule has 0 N–H and O–H groups in total. The van der Waals surface area contributed by atoms with Crippen LogP contribution in [0.1, 0.15) is 194 Å². The van der Waals surface area contributed by atoms with Gasteiger partial charge in [0, 0.05) is 12.8 Å². The van der Waals surface area contributed by atoms with E-state index in [0.29, 0.717) is 17.4 Å². The van der Waals surface area contributed by atoms with Gasteiger partial charge in [0.25, 0.3) is 7.82 Å². The molecule has 2 atom stereocenters. The summed E-state index contributed by atoms with van der Waals surface area (Å²) in [6.07, 6.45) is 35.2. The Bertz CT molecular complexity index is 907. The number of hydrogen-bond donors (Lipinski definition) is 0. The molecule has 52 heavy (non-hydrogen) atoms. The second-order valence-electron chi connectivity index (χ2n) is 15.7. The number of carbonyl (C=O) groups is 2. The number of ether oxygens (including phenoxy) is 2. The van der Waals surface area contributed by atoms with Gasteiger partial charge >= 0.3 is 11.9 Å². The lowest BCUT2D eigenvalue weighted by atomic mass is 10.0. The van der Waals surface area contributed by atoms with E-state index in [1.807, 2.05) is 21.1 Å². The molecule has 0 aromatic heterocycles. The van der Waals surface area contributed by atoms with Gasteiger partial charge in [0.1, 0.15) is 19.8 Å². The summed E-state index contributed by atoms with van der Waals surface area (Å²) in [4.78, 5) is 37.4. The molecule has 0 heterocycles. The molecule has 0 saturated heterocycles. The molecule has 0 radical (unpaired) electrons. The van der Waals surface area contributed by atoms with Crippen molar-refractivity contribution in [3.63, 3.8) is 0 Å². The van der Waals surface area contributed by atoms with E-state index in [2.05, 4.69) is 26.0 Å².